The van der Waals surface area contributed by atoms with Gasteiger partial charge in [0.05, 0.1) is 5.52 Å². The fraction of sp³-hybridized carbons (Fsp3) is 0.375. The number of rotatable bonds is 4. The van der Waals surface area contributed by atoms with Crippen LogP contribution in [-0.2, 0) is 4.74 Å². The molecule has 1 aliphatic carbocycles. The molecule has 0 bridgehead atoms. The molecular formula is C24H26FN3O. The van der Waals surface area contributed by atoms with E-state index in [1.54, 1.807) is 0 Å². The van der Waals surface area contributed by atoms with Crippen molar-refractivity contribution in [3.63, 3.8) is 0 Å². The van der Waals surface area contributed by atoms with Gasteiger partial charge >= 0.3 is 0 Å². The molecule has 5 rings (SSSR count). The Kier molecular flexibility index (Phi) is 4.63. The van der Waals surface area contributed by atoms with Gasteiger partial charge in [-0.1, -0.05) is 6.42 Å². The van der Waals surface area contributed by atoms with Crippen LogP contribution in [0.2, 0.25) is 0 Å². The largest absolute Gasteiger partial charge is 0.398 e. The van der Waals surface area contributed by atoms with E-state index in [0.29, 0.717) is 17.5 Å². The molecule has 150 valence electrons. The van der Waals surface area contributed by atoms with E-state index in [1.165, 1.54) is 54.3 Å². The third kappa shape index (κ3) is 3.04. The van der Waals surface area contributed by atoms with Gasteiger partial charge in [-0.25, -0.2) is 4.39 Å². The quantitative estimate of drug-likeness (QED) is 0.455. The summed E-state index contributed by atoms with van der Waals surface area (Å²) in [5.74, 6) is 0.713. The van der Waals surface area contributed by atoms with Crippen LogP contribution in [0.3, 0.4) is 0 Å². The summed E-state index contributed by atoms with van der Waals surface area (Å²) in [5.41, 5.74) is 12.4. The maximum absolute atomic E-state index is 13.7. The standard InChI is InChI=1S/C24H26FN3O/c25-18-4-6-19(7-5-18)28-22-12-17(14-26)21(27)13-20(22)23(15-2-1-3-15)24(28)16-8-10-29-11-9-16/h4-7,12-16,26H,1-3,8-11,27H2. The Morgan fingerprint density at radius 2 is 1.76 bits per heavy atom. The van der Waals surface area contributed by atoms with Gasteiger partial charge in [0.15, 0.2) is 0 Å². The summed E-state index contributed by atoms with van der Waals surface area (Å²) in [7, 11) is 0. The van der Waals surface area contributed by atoms with Crippen molar-refractivity contribution in [3.05, 3.63) is 59.0 Å². The van der Waals surface area contributed by atoms with Crippen LogP contribution in [0.1, 0.15) is 60.8 Å². The zero-order chi connectivity index (χ0) is 20.0. The number of hydrogen-bond acceptors (Lipinski definition) is 3. The highest BCUT2D eigenvalue weighted by Crippen LogP contribution is 2.48. The van der Waals surface area contributed by atoms with E-state index in [4.69, 9.17) is 15.9 Å². The number of benzene rings is 2. The fourth-order valence-electron chi connectivity index (χ4n) is 4.90. The molecule has 0 atom stereocenters. The van der Waals surface area contributed by atoms with Crippen LogP contribution in [0.4, 0.5) is 10.1 Å². The van der Waals surface area contributed by atoms with Crippen molar-refractivity contribution in [2.24, 2.45) is 0 Å². The van der Waals surface area contributed by atoms with Gasteiger partial charge in [-0.3, -0.25) is 0 Å². The lowest BCUT2D eigenvalue weighted by atomic mass is 9.76. The Morgan fingerprint density at radius 3 is 2.38 bits per heavy atom. The van der Waals surface area contributed by atoms with E-state index >= 15 is 0 Å². The van der Waals surface area contributed by atoms with Crippen LogP contribution < -0.4 is 5.73 Å². The Hall–Kier alpha value is -2.66. The molecule has 1 saturated carbocycles. The van der Waals surface area contributed by atoms with Gasteiger partial charge < -0.3 is 20.4 Å². The van der Waals surface area contributed by atoms with Crippen LogP contribution in [0.15, 0.2) is 36.4 Å². The van der Waals surface area contributed by atoms with Crippen molar-refractivity contribution >= 4 is 22.8 Å². The minimum atomic E-state index is -0.235. The average Bonchev–Trinajstić information content (AvgIpc) is 3.01. The van der Waals surface area contributed by atoms with E-state index < -0.39 is 0 Å². The molecule has 29 heavy (non-hydrogen) atoms. The normalized spacial score (nSPS) is 18.1. The second-order valence-corrected chi connectivity index (χ2v) is 8.27. The molecule has 2 heterocycles. The smallest absolute Gasteiger partial charge is 0.123 e. The zero-order valence-electron chi connectivity index (χ0n) is 16.5. The lowest BCUT2D eigenvalue weighted by Gasteiger charge is -2.31. The highest BCUT2D eigenvalue weighted by Gasteiger charge is 2.33. The number of nitrogens with zero attached hydrogens (tertiary/aromatic N) is 1. The summed E-state index contributed by atoms with van der Waals surface area (Å²) in [6, 6.07) is 10.8. The van der Waals surface area contributed by atoms with E-state index in [-0.39, 0.29) is 5.82 Å². The van der Waals surface area contributed by atoms with Gasteiger partial charge in [-0.05, 0) is 73.6 Å². The van der Waals surface area contributed by atoms with Crippen LogP contribution in [0.5, 0.6) is 0 Å². The third-order valence-corrected chi connectivity index (χ3v) is 6.61. The maximum atomic E-state index is 13.7. The molecule has 3 N–H and O–H groups in total. The van der Waals surface area contributed by atoms with Gasteiger partial charge in [-0.15, -0.1) is 0 Å². The highest BCUT2D eigenvalue weighted by molar-refractivity contribution is 5.98. The second kappa shape index (κ2) is 7.30. The predicted molar refractivity (Wildman–Crippen MR) is 115 cm³/mol. The number of anilines is 1. The molecule has 3 aromatic rings. The van der Waals surface area contributed by atoms with Crippen molar-refractivity contribution < 1.29 is 9.13 Å². The highest BCUT2D eigenvalue weighted by atomic mass is 19.1. The van der Waals surface area contributed by atoms with Gasteiger partial charge in [-0.2, -0.15) is 0 Å². The number of halogens is 1. The van der Waals surface area contributed by atoms with Crippen molar-refractivity contribution in [3.8, 4) is 5.69 Å². The molecule has 2 aliphatic rings. The number of nitrogen functional groups attached to an aromatic ring is 1. The van der Waals surface area contributed by atoms with Crippen LogP contribution in [-0.4, -0.2) is 24.0 Å². The predicted octanol–water partition coefficient (Wildman–Crippen LogP) is 5.51. The molecule has 0 amide bonds. The summed E-state index contributed by atoms with van der Waals surface area (Å²) in [6.45, 7) is 1.54. The third-order valence-electron chi connectivity index (χ3n) is 6.61. The van der Waals surface area contributed by atoms with Gasteiger partial charge in [0, 0.05) is 53.4 Å². The number of nitrogens with one attached hydrogen (secondary N) is 1. The van der Waals surface area contributed by atoms with E-state index in [2.05, 4.69) is 4.57 Å². The first-order valence-corrected chi connectivity index (χ1v) is 10.5. The first-order chi connectivity index (χ1) is 14.2. The molecular weight excluding hydrogens is 365 g/mol. The van der Waals surface area contributed by atoms with E-state index in [1.807, 2.05) is 24.3 Å². The molecule has 1 saturated heterocycles. The number of nitrogens with two attached hydrogens (primary N) is 1. The Morgan fingerprint density at radius 1 is 1.03 bits per heavy atom. The number of fused-ring (bicyclic) bond motifs is 1. The molecule has 1 aliphatic heterocycles. The average molecular weight is 391 g/mol. The molecule has 1 aromatic heterocycles. The lowest BCUT2D eigenvalue weighted by Crippen LogP contribution is -2.20. The van der Waals surface area contributed by atoms with Crippen LogP contribution >= 0.6 is 0 Å². The van der Waals surface area contributed by atoms with Crippen molar-refractivity contribution in [1.82, 2.24) is 4.57 Å². The Labute approximate surface area is 170 Å². The SMILES string of the molecule is N=Cc1cc2c(cc1N)c(C1CCC1)c(C1CCOCC1)n2-c1ccc(F)cc1. The van der Waals surface area contributed by atoms with Gasteiger partial charge in [0.1, 0.15) is 5.82 Å². The monoisotopic (exact) mass is 391 g/mol. The van der Waals surface area contributed by atoms with Gasteiger partial charge in [0.2, 0.25) is 0 Å². The van der Waals surface area contributed by atoms with Crippen molar-refractivity contribution in [2.75, 3.05) is 18.9 Å². The summed E-state index contributed by atoms with van der Waals surface area (Å²) in [6.07, 6.45) is 6.95. The first kappa shape index (κ1) is 18.4. The molecule has 0 unspecified atom stereocenters. The Bertz CT molecular complexity index is 1060. The summed E-state index contributed by atoms with van der Waals surface area (Å²) >= 11 is 0. The molecule has 5 heteroatoms. The molecule has 0 spiro atoms. The number of hydrogen-bond donors (Lipinski definition) is 2. The summed E-state index contributed by atoms with van der Waals surface area (Å²) in [5, 5.41) is 8.95. The minimum Gasteiger partial charge on any atom is -0.398 e. The van der Waals surface area contributed by atoms with Crippen LogP contribution in [0.25, 0.3) is 16.6 Å². The van der Waals surface area contributed by atoms with Crippen molar-refractivity contribution in [2.45, 2.75) is 43.9 Å². The first-order valence-electron chi connectivity index (χ1n) is 10.5. The molecule has 2 fully saturated rings. The van der Waals surface area contributed by atoms with E-state index in [9.17, 15) is 4.39 Å². The Balaban J connectivity index is 1.85. The summed E-state index contributed by atoms with van der Waals surface area (Å²) < 4.78 is 21.6. The van der Waals surface area contributed by atoms with E-state index in [0.717, 1.165) is 42.8 Å². The molecule has 2 aromatic carbocycles. The fourth-order valence-corrected chi connectivity index (χ4v) is 4.90. The van der Waals surface area contributed by atoms with Crippen molar-refractivity contribution in [1.29, 1.82) is 5.41 Å². The zero-order valence-corrected chi connectivity index (χ0v) is 16.5. The minimum absolute atomic E-state index is 0.235. The second-order valence-electron chi connectivity index (χ2n) is 8.27. The number of ether oxygens (including phenoxy) is 1. The van der Waals surface area contributed by atoms with Crippen LogP contribution in [0, 0.1) is 11.2 Å². The molecule has 4 nitrogen and oxygen atoms in total. The topological polar surface area (TPSA) is 64.0 Å². The van der Waals surface area contributed by atoms with Gasteiger partial charge in [0.25, 0.3) is 0 Å². The molecule has 0 radical (unpaired) electrons. The lowest BCUT2D eigenvalue weighted by molar-refractivity contribution is 0.0839. The number of aromatic nitrogens is 1. The maximum Gasteiger partial charge on any atom is 0.123 e. The summed E-state index contributed by atoms with van der Waals surface area (Å²) in [4.78, 5) is 0.